The van der Waals surface area contributed by atoms with Crippen molar-refractivity contribution in [3.8, 4) is 0 Å². The summed E-state index contributed by atoms with van der Waals surface area (Å²) in [6.07, 6.45) is 1.71. The van der Waals surface area contributed by atoms with Gasteiger partial charge in [-0.3, -0.25) is 9.78 Å². The molecule has 0 bridgehead atoms. The summed E-state index contributed by atoms with van der Waals surface area (Å²) in [5.41, 5.74) is 0.0834. The van der Waals surface area contributed by atoms with Crippen molar-refractivity contribution in [2.75, 3.05) is 19.7 Å². The van der Waals surface area contributed by atoms with Crippen LogP contribution in [0.5, 0.6) is 0 Å². The molecular weight excluding hydrogens is 407 g/mol. The number of aliphatic hydroxyl groups excluding tert-OH is 1. The molecule has 4 heterocycles. The van der Waals surface area contributed by atoms with Gasteiger partial charge in [-0.2, -0.15) is 13.2 Å². The third-order valence-corrected chi connectivity index (χ3v) is 8.61. The second-order valence-corrected chi connectivity index (χ2v) is 10.0. The number of alkyl halides is 3. The summed E-state index contributed by atoms with van der Waals surface area (Å²) in [5.74, 6) is 0.679. The Kier molecular flexibility index (Phi) is 5.09. The molecule has 31 heavy (non-hydrogen) atoms. The number of rotatable bonds is 2. The first-order valence-electron chi connectivity index (χ1n) is 11.4. The maximum absolute atomic E-state index is 13.6. The van der Waals surface area contributed by atoms with E-state index in [-0.39, 0.29) is 31.0 Å². The highest BCUT2D eigenvalue weighted by molar-refractivity contribution is 5.87. The average Bonchev–Trinajstić information content (AvgIpc) is 3.29. The van der Waals surface area contributed by atoms with Gasteiger partial charge in [-0.05, 0) is 68.7 Å². The standard InChI is InChI=1S/C23H30F3N3O2/c1-14-20-9-19-16(8-17(11-27-19)23(24,25)26)12-29(20)21(31)22(14)5-2-18(10-22)28-6-3-15(13-30)4-7-28/h8,11,14-15,18,20,30H,2-7,9-10,12-13H2,1H3/t14?,18-,20?,22+/m1/s1. The number of hydrogen-bond donors (Lipinski definition) is 1. The molecule has 0 aromatic carbocycles. The molecule has 1 saturated carbocycles. The van der Waals surface area contributed by atoms with Crippen molar-refractivity contribution in [3.05, 3.63) is 29.1 Å². The van der Waals surface area contributed by atoms with Crippen LogP contribution in [0, 0.1) is 17.3 Å². The van der Waals surface area contributed by atoms with E-state index in [9.17, 15) is 23.1 Å². The largest absolute Gasteiger partial charge is 0.417 e. The number of likely N-dealkylation sites (tertiary alicyclic amines) is 1. The number of carbonyl (C=O) groups is 1. The third kappa shape index (κ3) is 3.37. The predicted molar refractivity (Wildman–Crippen MR) is 108 cm³/mol. The first-order chi connectivity index (χ1) is 14.7. The van der Waals surface area contributed by atoms with Crippen molar-refractivity contribution in [2.24, 2.45) is 17.3 Å². The number of fused-ring (bicyclic) bond motifs is 2. The van der Waals surface area contributed by atoms with Gasteiger partial charge < -0.3 is 14.9 Å². The van der Waals surface area contributed by atoms with Crippen molar-refractivity contribution >= 4 is 5.91 Å². The number of pyridine rings is 1. The van der Waals surface area contributed by atoms with E-state index in [2.05, 4.69) is 16.8 Å². The van der Waals surface area contributed by atoms with Gasteiger partial charge in [0.1, 0.15) is 0 Å². The van der Waals surface area contributed by atoms with Crippen molar-refractivity contribution in [3.63, 3.8) is 0 Å². The third-order valence-electron chi connectivity index (χ3n) is 8.61. The summed E-state index contributed by atoms with van der Waals surface area (Å²) in [6.45, 7) is 4.57. The molecule has 4 aliphatic rings. The molecule has 1 aromatic heterocycles. The lowest BCUT2D eigenvalue weighted by Crippen LogP contribution is -2.42. The molecule has 0 radical (unpaired) electrons. The van der Waals surface area contributed by atoms with E-state index in [1.165, 1.54) is 6.07 Å². The van der Waals surface area contributed by atoms with Crippen LogP contribution in [0.3, 0.4) is 0 Å². The zero-order valence-corrected chi connectivity index (χ0v) is 17.9. The molecule has 1 aromatic rings. The van der Waals surface area contributed by atoms with Gasteiger partial charge in [0.2, 0.25) is 5.91 Å². The highest BCUT2D eigenvalue weighted by Gasteiger charge is 2.61. The summed E-state index contributed by atoms with van der Waals surface area (Å²) >= 11 is 0. The van der Waals surface area contributed by atoms with E-state index in [1.54, 1.807) is 0 Å². The zero-order valence-electron chi connectivity index (χ0n) is 17.9. The van der Waals surface area contributed by atoms with Crippen LogP contribution in [0.15, 0.2) is 12.3 Å². The van der Waals surface area contributed by atoms with Crippen LogP contribution in [-0.4, -0.2) is 57.6 Å². The molecule has 3 aliphatic heterocycles. The molecule has 1 aliphatic carbocycles. The van der Waals surface area contributed by atoms with Crippen LogP contribution in [-0.2, 0) is 23.9 Å². The Labute approximate surface area is 180 Å². The number of piperidine rings is 1. The van der Waals surface area contributed by atoms with Gasteiger partial charge in [0, 0.05) is 43.5 Å². The lowest BCUT2D eigenvalue weighted by Gasteiger charge is -2.36. The molecule has 1 spiro atoms. The van der Waals surface area contributed by atoms with Gasteiger partial charge in [-0.25, -0.2) is 0 Å². The summed E-state index contributed by atoms with van der Waals surface area (Å²) in [4.78, 5) is 22.1. The number of carbonyl (C=O) groups excluding carboxylic acids is 1. The summed E-state index contributed by atoms with van der Waals surface area (Å²) in [5, 5.41) is 9.40. The van der Waals surface area contributed by atoms with Crippen LogP contribution in [0.1, 0.15) is 55.8 Å². The monoisotopic (exact) mass is 437 g/mol. The number of aliphatic hydroxyl groups is 1. The molecule has 2 saturated heterocycles. The zero-order chi connectivity index (χ0) is 22.0. The Balaban J connectivity index is 1.34. The molecule has 8 heteroatoms. The maximum atomic E-state index is 13.6. The Hall–Kier alpha value is -1.67. The molecule has 3 fully saturated rings. The van der Waals surface area contributed by atoms with Crippen LogP contribution in [0.25, 0.3) is 0 Å². The number of nitrogens with zero attached hydrogens (tertiary/aromatic N) is 3. The molecule has 2 unspecified atom stereocenters. The summed E-state index contributed by atoms with van der Waals surface area (Å²) < 4.78 is 39.4. The molecule has 170 valence electrons. The van der Waals surface area contributed by atoms with E-state index >= 15 is 0 Å². The van der Waals surface area contributed by atoms with Gasteiger partial charge in [0.15, 0.2) is 0 Å². The Morgan fingerprint density at radius 3 is 2.68 bits per heavy atom. The Morgan fingerprint density at radius 2 is 2.00 bits per heavy atom. The van der Waals surface area contributed by atoms with Crippen LogP contribution >= 0.6 is 0 Å². The number of hydrogen-bond acceptors (Lipinski definition) is 4. The predicted octanol–water partition coefficient (Wildman–Crippen LogP) is 3.25. The highest BCUT2D eigenvalue weighted by atomic mass is 19.4. The lowest BCUT2D eigenvalue weighted by atomic mass is 9.73. The Bertz CT molecular complexity index is 868. The van der Waals surface area contributed by atoms with E-state index < -0.39 is 17.2 Å². The van der Waals surface area contributed by atoms with Crippen molar-refractivity contribution < 1.29 is 23.1 Å². The van der Waals surface area contributed by atoms with Crippen LogP contribution in [0.4, 0.5) is 13.2 Å². The molecule has 1 amide bonds. The van der Waals surface area contributed by atoms with Crippen LogP contribution < -0.4 is 0 Å². The van der Waals surface area contributed by atoms with Gasteiger partial charge >= 0.3 is 6.18 Å². The van der Waals surface area contributed by atoms with E-state index in [0.29, 0.717) is 29.6 Å². The molecule has 5 rings (SSSR count). The van der Waals surface area contributed by atoms with Gasteiger partial charge in [0.05, 0.1) is 11.0 Å². The van der Waals surface area contributed by atoms with E-state index in [0.717, 1.165) is 51.4 Å². The number of amides is 1. The topological polar surface area (TPSA) is 56.7 Å². The van der Waals surface area contributed by atoms with E-state index in [4.69, 9.17) is 0 Å². The normalized spacial score (nSPS) is 34.4. The molecular formula is C23H30F3N3O2. The average molecular weight is 438 g/mol. The minimum absolute atomic E-state index is 0.0168. The highest BCUT2D eigenvalue weighted by Crippen LogP contribution is 2.55. The maximum Gasteiger partial charge on any atom is 0.417 e. The first kappa shape index (κ1) is 21.2. The SMILES string of the molecule is CC1C2Cc3ncc(C(F)(F)F)cc3CN2C(=O)[C@]12CC[C@@H](N1CCC(CO)CC1)C2. The van der Waals surface area contributed by atoms with E-state index in [1.807, 2.05) is 4.90 Å². The lowest BCUT2D eigenvalue weighted by molar-refractivity contribution is -0.138. The van der Waals surface area contributed by atoms with Gasteiger partial charge in [0.25, 0.3) is 0 Å². The van der Waals surface area contributed by atoms with Crippen molar-refractivity contribution in [1.82, 2.24) is 14.8 Å². The number of halogens is 3. The fourth-order valence-electron chi connectivity index (χ4n) is 6.61. The minimum atomic E-state index is -4.43. The minimum Gasteiger partial charge on any atom is -0.396 e. The fraction of sp³-hybridized carbons (Fsp3) is 0.739. The summed E-state index contributed by atoms with van der Waals surface area (Å²) in [6, 6.07) is 1.57. The van der Waals surface area contributed by atoms with Crippen LogP contribution in [0.2, 0.25) is 0 Å². The quantitative estimate of drug-likeness (QED) is 0.772. The molecule has 1 N–H and O–H groups in total. The fourth-order valence-corrected chi connectivity index (χ4v) is 6.61. The number of aromatic nitrogens is 1. The second-order valence-electron chi connectivity index (χ2n) is 10.0. The summed E-state index contributed by atoms with van der Waals surface area (Å²) in [7, 11) is 0. The van der Waals surface area contributed by atoms with Crippen molar-refractivity contribution in [1.29, 1.82) is 0 Å². The van der Waals surface area contributed by atoms with Crippen molar-refractivity contribution in [2.45, 2.75) is 70.3 Å². The molecule has 4 atom stereocenters. The van der Waals surface area contributed by atoms with Gasteiger partial charge in [-0.1, -0.05) is 6.92 Å². The first-order valence-corrected chi connectivity index (χ1v) is 11.4. The smallest absolute Gasteiger partial charge is 0.396 e. The Morgan fingerprint density at radius 1 is 1.26 bits per heavy atom. The second kappa shape index (κ2) is 7.44. The molecule has 5 nitrogen and oxygen atoms in total. The van der Waals surface area contributed by atoms with Gasteiger partial charge in [-0.15, -0.1) is 0 Å².